The summed E-state index contributed by atoms with van der Waals surface area (Å²) in [7, 11) is 0. The summed E-state index contributed by atoms with van der Waals surface area (Å²) in [6.45, 7) is 5.59. The van der Waals surface area contributed by atoms with E-state index in [-0.39, 0.29) is 23.9 Å². The van der Waals surface area contributed by atoms with E-state index in [1.165, 1.54) is 0 Å². The first-order valence-electron chi connectivity index (χ1n) is 7.74. The van der Waals surface area contributed by atoms with Crippen molar-refractivity contribution < 1.29 is 9.59 Å². The third kappa shape index (κ3) is 5.04. The van der Waals surface area contributed by atoms with E-state index < -0.39 is 0 Å². The summed E-state index contributed by atoms with van der Waals surface area (Å²) in [5, 5.41) is 11.7. The first kappa shape index (κ1) is 16.3. The highest BCUT2D eigenvalue weighted by Crippen LogP contribution is 2.17. The molecule has 3 amide bonds. The number of amides is 3. The highest BCUT2D eigenvalue weighted by molar-refractivity contribution is 5.93. The Morgan fingerprint density at radius 1 is 1.05 bits per heavy atom. The maximum Gasteiger partial charge on any atom is 0.319 e. The second-order valence-corrected chi connectivity index (χ2v) is 5.84. The van der Waals surface area contributed by atoms with Gasteiger partial charge in [-0.2, -0.15) is 0 Å². The molecule has 1 aromatic rings. The van der Waals surface area contributed by atoms with Crippen LogP contribution >= 0.6 is 0 Å². The van der Waals surface area contributed by atoms with Crippen molar-refractivity contribution in [3.8, 4) is 0 Å². The molecule has 120 valence electrons. The fourth-order valence-electron chi connectivity index (χ4n) is 2.39. The van der Waals surface area contributed by atoms with Gasteiger partial charge in [-0.3, -0.25) is 4.79 Å². The molecule has 0 atom stereocenters. The van der Waals surface area contributed by atoms with Crippen molar-refractivity contribution in [2.75, 3.05) is 23.7 Å². The number of piperidine rings is 1. The van der Waals surface area contributed by atoms with Gasteiger partial charge in [-0.1, -0.05) is 0 Å². The van der Waals surface area contributed by atoms with E-state index in [0.29, 0.717) is 5.69 Å². The van der Waals surface area contributed by atoms with Crippen molar-refractivity contribution in [2.24, 2.45) is 5.92 Å². The van der Waals surface area contributed by atoms with E-state index in [9.17, 15) is 9.59 Å². The Bertz CT molecular complexity index is 507. The first-order valence-corrected chi connectivity index (χ1v) is 7.74. The standard InChI is InChI=1S/C16H24N4O2/c1-11(2)18-16(22)20-14-5-3-13(4-6-14)19-15(21)12-7-9-17-10-8-12/h3-6,11-12,17H,7-10H2,1-2H3,(H,19,21)(H2,18,20,22). The smallest absolute Gasteiger partial charge is 0.319 e. The summed E-state index contributed by atoms with van der Waals surface area (Å²) >= 11 is 0. The molecule has 1 heterocycles. The summed E-state index contributed by atoms with van der Waals surface area (Å²) in [5.74, 6) is 0.149. The Kier molecular flexibility index (Phi) is 5.77. The molecule has 0 saturated carbocycles. The average molecular weight is 304 g/mol. The maximum atomic E-state index is 12.1. The second-order valence-electron chi connectivity index (χ2n) is 5.84. The molecule has 0 unspecified atom stereocenters. The summed E-state index contributed by atoms with van der Waals surface area (Å²) in [6.07, 6.45) is 1.75. The van der Waals surface area contributed by atoms with Gasteiger partial charge in [0, 0.05) is 23.3 Å². The van der Waals surface area contributed by atoms with Crippen LogP contribution in [0.2, 0.25) is 0 Å². The van der Waals surface area contributed by atoms with E-state index in [1.807, 2.05) is 13.8 Å². The third-order valence-electron chi connectivity index (χ3n) is 3.54. The van der Waals surface area contributed by atoms with Gasteiger partial charge < -0.3 is 21.3 Å². The van der Waals surface area contributed by atoms with Crippen LogP contribution in [-0.2, 0) is 4.79 Å². The van der Waals surface area contributed by atoms with Crippen molar-refractivity contribution in [1.82, 2.24) is 10.6 Å². The molecule has 2 rings (SSSR count). The second kappa shape index (κ2) is 7.79. The lowest BCUT2D eigenvalue weighted by Gasteiger charge is -2.21. The van der Waals surface area contributed by atoms with Gasteiger partial charge >= 0.3 is 6.03 Å². The van der Waals surface area contributed by atoms with Gasteiger partial charge in [0.15, 0.2) is 0 Å². The monoisotopic (exact) mass is 304 g/mol. The average Bonchev–Trinajstić information content (AvgIpc) is 2.49. The topological polar surface area (TPSA) is 82.3 Å². The molecule has 1 aromatic carbocycles. The van der Waals surface area contributed by atoms with Gasteiger partial charge in [0.1, 0.15) is 0 Å². The molecule has 6 heteroatoms. The van der Waals surface area contributed by atoms with Gasteiger partial charge in [0.05, 0.1) is 0 Å². The number of anilines is 2. The lowest BCUT2D eigenvalue weighted by molar-refractivity contribution is -0.120. The number of hydrogen-bond donors (Lipinski definition) is 4. The minimum Gasteiger partial charge on any atom is -0.336 e. The zero-order valence-electron chi connectivity index (χ0n) is 13.1. The molecule has 1 aliphatic rings. The molecular weight excluding hydrogens is 280 g/mol. The van der Waals surface area contributed by atoms with E-state index in [1.54, 1.807) is 24.3 Å². The molecule has 0 spiro atoms. The summed E-state index contributed by atoms with van der Waals surface area (Å²) in [5.41, 5.74) is 1.44. The van der Waals surface area contributed by atoms with Crippen LogP contribution in [0.3, 0.4) is 0 Å². The molecule has 1 fully saturated rings. The Hall–Kier alpha value is -2.08. The van der Waals surface area contributed by atoms with Crippen LogP contribution in [0, 0.1) is 5.92 Å². The molecule has 4 N–H and O–H groups in total. The lowest BCUT2D eigenvalue weighted by Crippen LogP contribution is -2.34. The number of carbonyl (C=O) groups is 2. The fourth-order valence-corrected chi connectivity index (χ4v) is 2.39. The Labute approximate surface area is 131 Å². The lowest BCUT2D eigenvalue weighted by atomic mass is 9.97. The van der Waals surface area contributed by atoms with Crippen LogP contribution < -0.4 is 21.3 Å². The number of carbonyl (C=O) groups excluding carboxylic acids is 2. The molecule has 22 heavy (non-hydrogen) atoms. The maximum absolute atomic E-state index is 12.1. The van der Waals surface area contributed by atoms with Crippen LogP contribution in [0.25, 0.3) is 0 Å². The molecule has 0 aromatic heterocycles. The minimum absolute atomic E-state index is 0.0692. The van der Waals surface area contributed by atoms with Gasteiger partial charge in [-0.05, 0) is 64.0 Å². The van der Waals surface area contributed by atoms with E-state index in [0.717, 1.165) is 31.6 Å². The van der Waals surface area contributed by atoms with E-state index in [2.05, 4.69) is 21.3 Å². The quantitative estimate of drug-likeness (QED) is 0.688. The van der Waals surface area contributed by atoms with Gasteiger partial charge in [0.2, 0.25) is 5.91 Å². The van der Waals surface area contributed by atoms with E-state index >= 15 is 0 Å². The van der Waals surface area contributed by atoms with Crippen LogP contribution in [0.5, 0.6) is 0 Å². The van der Waals surface area contributed by atoms with Crippen LogP contribution in [0.1, 0.15) is 26.7 Å². The molecule has 0 radical (unpaired) electrons. The predicted molar refractivity (Wildman–Crippen MR) is 88.0 cm³/mol. The highest BCUT2D eigenvalue weighted by atomic mass is 16.2. The predicted octanol–water partition coefficient (Wildman–Crippen LogP) is 2.15. The Balaban J connectivity index is 1.86. The summed E-state index contributed by atoms with van der Waals surface area (Å²) < 4.78 is 0. The van der Waals surface area contributed by atoms with Gasteiger partial charge in [-0.15, -0.1) is 0 Å². The zero-order valence-corrected chi connectivity index (χ0v) is 13.1. The minimum atomic E-state index is -0.235. The van der Waals surface area contributed by atoms with Crippen molar-refractivity contribution >= 4 is 23.3 Å². The zero-order chi connectivity index (χ0) is 15.9. The molecule has 0 bridgehead atoms. The number of nitrogens with one attached hydrogen (secondary N) is 4. The van der Waals surface area contributed by atoms with Crippen molar-refractivity contribution in [2.45, 2.75) is 32.7 Å². The molecule has 6 nitrogen and oxygen atoms in total. The SMILES string of the molecule is CC(C)NC(=O)Nc1ccc(NC(=O)C2CCNCC2)cc1. The van der Waals surface area contributed by atoms with Crippen molar-refractivity contribution in [3.05, 3.63) is 24.3 Å². The fraction of sp³-hybridized carbons (Fsp3) is 0.500. The number of benzene rings is 1. The van der Waals surface area contributed by atoms with Crippen molar-refractivity contribution in [1.29, 1.82) is 0 Å². The molecule has 1 saturated heterocycles. The van der Waals surface area contributed by atoms with Crippen molar-refractivity contribution in [3.63, 3.8) is 0 Å². The Morgan fingerprint density at radius 3 is 2.14 bits per heavy atom. The number of urea groups is 1. The number of rotatable bonds is 4. The summed E-state index contributed by atoms with van der Waals surface area (Å²) in [6, 6.07) is 6.99. The molecular formula is C16H24N4O2. The van der Waals surface area contributed by atoms with E-state index in [4.69, 9.17) is 0 Å². The normalized spacial score (nSPS) is 15.4. The third-order valence-corrected chi connectivity index (χ3v) is 3.54. The summed E-state index contributed by atoms with van der Waals surface area (Å²) in [4.78, 5) is 23.7. The molecule has 0 aliphatic carbocycles. The largest absolute Gasteiger partial charge is 0.336 e. The van der Waals surface area contributed by atoms with Gasteiger partial charge in [-0.25, -0.2) is 4.79 Å². The highest BCUT2D eigenvalue weighted by Gasteiger charge is 2.20. The Morgan fingerprint density at radius 2 is 1.59 bits per heavy atom. The van der Waals surface area contributed by atoms with Crippen LogP contribution in [0.15, 0.2) is 24.3 Å². The van der Waals surface area contributed by atoms with Crippen LogP contribution in [-0.4, -0.2) is 31.1 Å². The molecule has 1 aliphatic heterocycles. The van der Waals surface area contributed by atoms with Gasteiger partial charge in [0.25, 0.3) is 0 Å². The van der Waals surface area contributed by atoms with Crippen LogP contribution in [0.4, 0.5) is 16.2 Å². The first-order chi connectivity index (χ1) is 10.5. The number of hydrogen-bond acceptors (Lipinski definition) is 3.